The predicted molar refractivity (Wildman–Crippen MR) is 82.9 cm³/mol. The number of rotatable bonds is 5. The van der Waals surface area contributed by atoms with E-state index in [-0.39, 0.29) is 10.6 Å². The van der Waals surface area contributed by atoms with Crippen LogP contribution in [-0.2, 0) is 0 Å². The molecule has 3 aromatic rings. The van der Waals surface area contributed by atoms with Gasteiger partial charge in [-0.05, 0) is 30.7 Å². The molecule has 0 radical (unpaired) electrons. The maximum Gasteiger partial charge on any atom is 0.270 e. The van der Waals surface area contributed by atoms with E-state index in [4.69, 9.17) is 4.74 Å². The number of aromatic amines is 1. The Morgan fingerprint density at radius 3 is 2.57 bits per heavy atom. The fraction of sp³-hybridized carbons (Fsp3) is 0.250. The topological polar surface area (TPSA) is 68.2 Å². The lowest BCUT2D eigenvalue weighted by Crippen LogP contribution is -1.95. The first-order chi connectivity index (χ1) is 10.2. The molecule has 1 aromatic heterocycles. The monoisotopic (exact) mass is 284 g/mol. The van der Waals surface area contributed by atoms with Crippen LogP contribution in [0.1, 0.15) is 19.8 Å². The number of nitro benzene ring substituents is 1. The zero-order valence-electron chi connectivity index (χ0n) is 11.8. The lowest BCUT2D eigenvalue weighted by atomic mass is 10.1. The number of ether oxygens (including phenoxy) is 1. The van der Waals surface area contributed by atoms with Gasteiger partial charge in [0, 0.05) is 33.9 Å². The number of aromatic nitrogens is 1. The van der Waals surface area contributed by atoms with Gasteiger partial charge in [0.2, 0.25) is 0 Å². The van der Waals surface area contributed by atoms with Crippen molar-refractivity contribution in [3.63, 3.8) is 0 Å². The summed E-state index contributed by atoms with van der Waals surface area (Å²) >= 11 is 0. The number of nitro groups is 1. The third-order valence-corrected chi connectivity index (χ3v) is 3.53. The molecule has 21 heavy (non-hydrogen) atoms. The van der Waals surface area contributed by atoms with Gasteiger partial charge in [0.05, 0.1) is 11.5 Å². The molecule has 0 saturated carbocycles. The molecule has 0 aliphatic rings. The lowest BCUT2D eigenvalue weighted by molar-refractivity contribution is -0.384. The van der Waals surface area contributed by atoms with E-state index in [1.165, 1.54) is 6.07 Å². The third-order valence-electron chi connectivity index (χ3n) is 3.53. The molecule has 5 nitrogen and oxygen atoms in total. The van der Waals surface area contributed by atoms with Gasteiger partial charge in [-0.25, -0.2) is 0 Å². The molecule has 0 aliphatic carbocycles. The van der Waals surface area contributed by atoms with Crippen LogP contribution < -0.4 is 4.74 Å². The summed E-state index contributed by atoms with van der Waals surface area (Å²) in [6.45, 7) is 2.80. The largest absolute Gasteiger partial charge is 0.494 e. The van der Waals surface area contributed by atoms with Crippen LogP contribution in [0, 0.1) is 10.1 Å². The van der Waals surface area contributed by atoms with Gasteiger partial charge < -0.3 is 9.72 Å². The van der Waals surface area contributed by atoms with E-state index in [2.05, 4.69) is 11.9 Å². The Kier molecular flexibility index (Phi) is 3.48. The molecule has 0 fully saturated rings. The van der Waals surface area contributed by atoms with E-state index in [1.807, 2.05) is 18.2 Å². The molecule has 0 amide bonds. The van der Waals surface area contributed by atoms with Crippen LogP contribution in [0.2, 0.25) is 0 Å². The van der Waals surface area contributed by atoms with E-state index in [9.17, 15) is 10.1 Å². The Hall–Kier alpha value is -2.56. The van der Waals surface area contributed by atoms with Crippen molar-refractivity contribution in [1.82, 2.24) is 4.98 Å². The minimum absolute atomic E-state index is 0.0979. The number of H-pyrrole nitrogens is 1. The standard InChI is InChI=1S/C16H16N2O3/c1-2-3-8-21-12-5-7-16-14(10-12)13-9-11(18(19)20)4-6-15(13)17-16/h4-7,9-10,17H,2-3,8H2,1H3. The second-order valence-corrected chi connectivity index (χ2v) is 5.02. The Labute approximate surface area is 121 Å². The second-order valence-electron chi connectivity index (χ2n) is 5.02. The predicted octanol–water partition coefficient (Wildman–Crippen LogP) is 4.41. The van der Waals surface area contributed by atoms with Crippen LogP contribution >= 0.6 is 0 Å². The van der Waals surface area contributed by atoms with Gasteiger partial charge in [-0.3, -0.25) is 10.1 Å². The molecule has 0 aliphatic heterocycles. The number of fused-ring (bicyclic) bond motifs is 3. The van der Waals surface area contributed by atoms with E-state index in [0.717, 1.165) is 40.4 Å². The first-order valence-electron chi connectivity index (χ1n) is 7.01. The molecule has 5 heteroatoms. The van der Waals surface area contributed by atoms with Gasteiger partial charge in [-0.15, -0.1) is 0 Å². The zero-order chi connectivity index (χ0) is 14.8. The minimum atomic E-state index is -0.375. The van der Waals surface area contributed by atoms with Gasteiger partial charge in [0.15, 0.2) is 0 Å². The highest BCUT2D eigenvalue weighted by atomic mass is 16.6. The molecule has 0 unspecified atom stereocenters. The van der Waals surface area contributed by atoms with E-state index in [0.29, 0.717) is 6.61 Å². The molecule has 0 saturated heterocycles. The maximum absolute atomic E-state index is 10.9. The summed E-state index contributed by atoms with van der Waals surface area (Å²) in [5, 5.41) is 12.7. The average Bonchev–Trinajstić information content (AvgIpc) is 2.84. The summed E-state index contributed by atoms with van der Waals surface area (Å²) in [7, 11) is 0. The fourth-order valence-electron chi connectivity index (χ4n) is 2.40. The second kappa shape index (κ2) is 5.44. The molecule has 1 heterocycles. The lowest BCUT2D eigenvalue weighted by Gasteiger charge is -2.05. The molecule has 0 bridgehead atoms. The molecule has 0 spiro atoms. The third kappa shape index (κ3) is 2.54. The number of non-ortho nitro benzene ring substituents is 1. The van der Waals surface area contributed by atoms with Gasteiger partial charge >= 0.3 is 0 Å². The first kappa shape index (κ1) is 13.4. The normalized spacial score (nSPS) is 11.1. The number of nitrogens with zero attached hydrogens (tertiary/aromatic N) is 1. The highest BCUT2D eigenvalue weighted by Gasteiger charge is 2.11. The van der Waals surface area contributed by atoms with Gasteiger partial charge in [0.25, 0.3) is 5.69 Å². The first-order valence-corrected chi connectivity index (χ1v) is 7.01. The Morgan fingerprint density at radius 1 is 1.14 bits per heavy atom. The number of unbranched alkanes of at least 4 members (excludes halogenated alkanes) is 1. The van der Waals surface area contributed by atoms with Crippen LogP contribution in [0.4, 0.5) is 5.69 Å². The van der Waals surface area contributed by atoms with Gasteiger partial charge in [-0.2, -0.15) is 0 Å². The number of benzene rings is 2. The smallest absolute Gasteiger partial charge is 0.270 e. The molecule has 2 aromatic carbocycles. The highest BCUT2D eigenvalue weighted by molar-refractivity contribution is 6.08. The van der Waals surface area contributed by atoms with Crippen molar-refractivity contribution in [2.75, 3.05) is 6.61 Å². The van der Waals surface area contributed by atoms with E-state index in [1.54, 1.807) is 12.1 Å². The molecule has 1 N–H and O–H groups in total. The molecule has 3 rings (SSSR count). The minimum Gasteiger partial charge on any atom is -0.494 e. The number of nitrogens with one attached hydrogen (secondary N) is 1. The van der Waals surface area contributed by atoms with Crippen LogP contribution in [0.3, 0.4) is 0 Å². The van der Waals surface area contributed by atoms with Crippen molar-refractivity contribution in [2.24, 2.45) is 0 Å². The fourth-order valence-corrected chi connectivity index (χ4v) is 2.40. The maximum atomic E-state index is 10.9. The van der Waals surface area contributed by atoms with Gasteiger partial charge in [-0.1, -0.05) is 13.3 Å². The number of hydrogen-bond donors (Lipinski definition) is 1. The van der Waals surface area contributed by atoms with Crippen molar-refractivity contribution in [3.8, 4) is 5.75 Å². The van der Waals surface area contributed by atoms with E-state index < -0.39 is 0 Å². The van der Waals surface area contributed by atoms with Crippen molar-refractivity contribution in [2.45, 2.75) is 19.8 Å². The van der Waals surface area contributed by atoms with Crippen LogP contribution in [0.15, 0.2) is 36.4 Å². The quantitative estimate of drug-likeness (QED) is 0.428. The Bertz CT molecular complexity index is 808. The summed E-state index contributed by atoms with van der Waals surface area (Å²) in [4.78, 5) is 13.8. The van der Waals surface area contributed by atoms with Gasteiger partial charge in [0.1, 0.15) is 5.75 Å². The molecule has 0 atom stereocenters. The summed E-state index contributed by atoms with van der Waals surface area (Å²) in [5.41, 5.74) is 1.94. The Balaban J connectivity index is 2.06. The van der Waals surface area contributed by atoms with Crippen molar-refractivity contribution in [1.29, 1.82) is 0 Å². The van der Waals surface area contributed by atoms with E-state index >= 15 is 0 Å². The highest BCUT2D eigenvalue weighted by Crippen LogP contribution is 2.31. The van der Waals surface area contributed by atoms with Crippen molar-refractivity contribution < 1.29 is 9.66 Å². The van der Waals surface area contributed by atoms with Crippen molar-refractivity contribution >= 4 is 27.5 Å². The Morgan fingerprint density at radius 2 is 1.86 bits per heavy atom. The van der Waals surface area contributed by atoms with Crippen LogP contribution in [-0.4, -0.2) is 16.5 Å². The summed E-state index contributed by atoms with van der Waals surface area (Å²) in [5.74, 6) is 0.795. The summed E-state index contributed by atoms with van der Waals surface area (Å²) in [6, 6.07) is 10.7. The summed E-state index contributed by atoms with van der Waals surface area (Å²) in [6.07, 6.45) is 2.10. The molecular formula is C16H16N2O3. The molecular weight excluding hydrogens is 268 g/mol. The zero-order valence-corrected chi connectivity index (χ0v) is 11.8. The van der Waals surface area contributed by atoms with Crippen LogP contribution in [0.25, 0.3) is 21.8 Å². The number of hydrogen-bond acceptors (Lipinski definition) is 3. The average molecular weight is 284 g/mol. The molecule has 108 valence electrons. The summed E-state index contributed by atoms with van der Waals surface area (Å²) < 4.78 is 5.70. The SMILES string of the molecule is CCCCOc1ccc2[nH]c3ccc([N+](=O)[O-])cc3c2c1. The van der Waals surface area contributed by atoms with Crippen molar-refractivity contribution in [3.05, 3.63) is 46.5 Å². The van der Waals surface area contributed by atoms with Crippen LogP contribution in [0.5, 0.6) is 5.75 Å².